The number of fused-ring (bicyclic) bond motifs is 1. The molecule has 1 atom stereocenters. The lowest BCUT2D eigenvalue weighted by molar-refractivity contribution is 0.0657. The van der Waals surface area contributed by atoms with Crippen molar-refractivity contribution in [3.05, 3.63) is 53.7 Å². The first kappa shape index (κ1) is 17.5. The summed E-state index contributed by atoms with van der Waals surface area (Å²) in [7, 11) is 0. The number of rotatable bonds is 7. The van der Waals surface area contributed by atoms with E-state index < -0.39 is 0 Å². The topological polar surface area (TPSA) is 53.5 Å². The van der Waals surface area contributed by atoms with E-state index in [9.17, 15) is 0 Å². The third-order valence-corrected chi connectivity index (χ3v) is 3.66. The van der Waals surface area contributed by atoms with Gasteiger partial charge in [0.15, 0.2) is 0 Å². The second-order valence-corrected chi connectivity index (χ2v) is 5.94. The summed E-state index contributed by atoms with van der Waals surface area (Å²) >= 11 is 5.95. The van der Waals surface area contributed by atoms with Gasteiger partial charge in [-0.2, -0.15) is 0 Å². The Morgan fingerprint density at radius 3 is 2.56 bits per heavy atom. The molecule has 6 heteroatoms. The Morgan fingerprint density at radius 1 is 1.04 bits per heavy atom. The molecular weight excluding hydrogens is 340 g/mol. The van der Waals surface area contributed by atoms with Gasteiger partial charge < -0.3 is 14.2 Å². The highest BCUT2D eigenvalue weighted by Crippen LogP contribution is 2.24. The maximum Gasteiger partial charge on any atom is 0.238 e. The summed E-state index contributed by atoms with van der Waals surface area (Å²) in [6, 6.07) is 12.7. The molecule has 0 saturated heterocycles. The molecule has 0 bridgehead atoms. The van der Waals surface area contributed by atoms with Crippen LogP contribution in [-0.4, -0.2) is 29.3 Å². The van der Waals surface area contributed by atoms with Crippen LogP contribution in [0, 0.1) is 0 Å². The quantitative estimate of drug-likeness (QED) is 0.602. The third kappa shape index (κ3) is 4.81. The van der Waals surface area contributed by atoms with E-state index in [1.54, 1.807) is 18.3 Å². The molecule has 0 saturated carbocycles. The minimum atomic E-state index is -0.00935. The number of halogens is 1. The summed E-state index contributed by atoms with van der Waals surface area (Å²) in [4.78, 5) is 8.74. The van der Waals surface area contributed by atoms with Gasteiger partial charge >= 0.3 is 0 Å². The Hall–Kier alpha value is -2.37. The van der Waals surface area contributed by atoms with E-state index in [4.69, 9.17) is 25.8 Å². The monoisotopic (exact) mass is 358 g/mol. The molecule has 0 radical (unpaired) electrons. The highest BCUT2D eigenvalue weighted by atomic mass is 35.5. The van der Waals surface area contributed by atoms with Gasteiger partial charge in [0, 0.05) is 11.6 Å². The highest BCUT2D eigenvalue weighted by Gasteiger charge is 2.06. The lowest BCUT2D eigenvalue weighted by Crippen LogP contribution is -2.18. The first-order chi connectivity index (χ1) is 12.1. The van der Waals surface area contributed by atoms with Crippen LogP contribution in [-0.2, 0) is 4.74 Å². The summed E-state index contributed by atoms with van der Waals surface area (Å²) in [5.74, 6) is 1.85. The molecule has 5 nitrogen and oxygen atoms in total. The summed E-state index contributed by atoms with van der Waals surface area (Å²) in [6.07, 6.45) is 1.57. The second kappa shape index (κ2) is 8.14. The fourth-order valence-corrected chi connectivity index (χ4v) is 2.44. The summed E-state index contributed by atoms with van der Waals surface area (Å²) in [5, 5.41) is 0.629. The van der Waals surface area contributed by atoms with Gasteiger partial charge in [-0.15, -0.1) is 0 Å². The number of benzene rings is 2. The predicted octanol–water partition coefficient (Wildman–Crippen LogP) is 4.88. The average Bonchev–Trinajstić information content (AvgIpc) is 2.62. The van der Waals surface area contributed by atoms with Gasteiger partial charge in [0.25, 0.3) is 0 Å². The van der Waals surface area contributed by atoms with Crippen molar-refractivity contribution in [2.45, 2.75) is 20.0 Å². The molecule has 0 fully saturated rings. The molecule has 25 heavy (non-hydrogen) atoms. The normalized spacial score (nSPS) is 12.1. The molecular formula is C19H19ClN2O3. The zero-order chi connectivity index (χ0) is 17.6. The molecule has 0 unspecified atom stereocenters. The Labute approximate surface area is 151 Å². The smallest absolute Gasteiger partial charge is 0.238 e. The van der Waals surface area contributed by atoms with Crippen molar-refractivity contribution >= 4 is 22.6 Å². The summed E-state index contributed by atoms with van der Waals surface area (Å²) in [6.45, 7) is 5.17. The van der Waals surface area contributed by atoms with E-state index in [1.807, 2.05) is 44.2 Å². The first-order valence-corrected chi connectivity index (χ1v) is 8.46. The van der Waals surface area contributed by atoms with Gasteiger partial charge in [-0.25, -0.2) is 9.97 Å². The summed E-state index contributed by atoms with van der Waals surface area (Å²) < 4.78 is 16.9. The van der Waals surface area contributed by atoms with E-state index in [-0.39, 0.29) is 6.10 Å². The highest BCUT2D eigenvalue weighted by molar-refractivity contribution is 6.31. The van der Waals surface area contributed by atoms with Crippen molar-refractivity contribution in [1.82, 2.24) is 9.97 Å². The van der Waals surface area contributed by atoms with Crippen LogP contribution < -0.4 is 9.47 Å². The molecule has 0 aliphatic carbocycles. The van der Waals surface area contributed by atoms with Crippen LogP contribution in [0.5, 0.6) is 17.4 Å². The van der Waals surface area contributed by atoms with Gasteiger partial charge in [-0.05, 0) is 56.3 Å². The van der Waals surface area contributed by atoms with Crippen LogP contribution in [0.3, 0.4) is 0 Å². The molecule has 130 valence electrons. The predicted molar refractivity (Wildman–Crippen MR) is 97.6 cm³/mol. The van der Waals surface area contributed by atoms with Gasteiger partial charge in [0.05, 0.1) is 23.8 Å². The Bertz CT molecular complexity index is 840. The number of nitrogens with zero attached hydrogens (tertiary/aromatic N) is 2. The van der Waals surface area contributed by atoms with Crippen LogP contribution in [0.2, 0.25) is 5.02 Å². The van der Waals surface area contributed by atoms with Gasteiger partial charge in [-0.1, -0.05) is 11.6 Å². The minimum Gasteiger partial charge on any atom is -0.488 e. The van der Waals surface area contributed by atoms with Crippen LogP contribution in [0.1, 0.15) is 13.8 Å². The standard InChI is InChI=1S/C19H19ClN2O3/c1-3-23-12-13(2)24-15-5-7-16(8-6-15)25-19-11-21-18-10-14(20)4-9-17(18)22-19/h4-11,13H,3,12H2,1-2H3/t13-/m0/s1. The number of hydrogen-bond acceptors (Lipinski definition) is 5. The van der Waals surface area contributed by atoms with Crippen molar-refractivity contribution < 1.29 is 14.2 Å². The van der Waals surface area contributed by atoms with Gasteiger partial charge in [0.1, 0.15) is 17.6 Å². The molecule has 0 aliphatic rings. The van der Waals surface area contributed by atoms with E-state index in [2.05, 4.69) is 9.97 Å². The molecule has 1 heterocycles. The molecule has 0 N–H and O–H groups in total. The lowest BCUT2D eigenvalue weighted by Gasteiger charge is -2.14. The molecule has 0 amide bonds. The minimum absolute atomic E-state index is 0.00935. The van der Waals surface area contributed by atoms with Crippen molar-refractivity contribution in [2.75, 3.05) is 13.2 Å². The Kier molecular flexibility index (Phi) is 5.68. The van der Waals surface area contributed by atoms with Gasteiger partial charge in [-0.3, -0.25) is 0 Å². The van der Waals surface area contributed by atoms with Crippen LogP contribution in [0.25, 0.3) is 11.0 Å². The molecule has 0 spiro atoms. The second-order valence-electron chi connectivity index (χ2n) is 5.50. The molecule has 0 aliphatic heterocycles. The zero-order valence-electron chi connectivity index (χ0n) is 14.1. The van der Waals surface area contributed by atoms with Crippen molar-refractivity contribution in [3.63, 3.8) is 0 Å². The molecule has 3 aromatic rings. The van der Waals surface area contributed by atoms with E-state index in [1.165, 1.54) is 0 Å². The van der Waals surface area contributed by atoms with E-state index in [0.29, 0.717) is 29.9 Å². The van der Waals surface area contributed by atoms with E-state index in [0.717, 1.165) is 16.8 Å². The fourth-order valence-electron chi connectivity index (χ4n) is 2.27. The lowest BCUT2D eigenvalue weighted by atomic mass is 10.3. The third-order valence-electron chi connectivity index (χ3n) is 3.42. The largest absolute Gasteiger partial charge is 0.488 e. The number of hydrogen-bond donors (Lipinski definition) is 0. The van der Waals surface area contributed by atoms with Gasteiger partial charge in [0.2, 0.25) is 5.88 Å². The zero-order valence-corrected chi connectivity index (χ0v) is 14.9. The number of ether oxygens (including phenoxy) is 3. The fraction of sp³-hybridized carbons (Fsp3) is 0.263. The molecule has 2 aromatic carbocycles. The maximum atomic E-state index is 5.95. The summed E-state index contributed by atoms with van der Waals surface area (Å²) in [5.41, 5.74) is 1.46. The molecule has 1 aromatic heterocycles. The van der Waals surface area contributed by atoms with Crippen molar-refractivity contribution in [1.29, 1.82) is 0 Å². The van der Waals surface area contributed by atoms with Crippen LogP contribution in [0.4, 0.5) is 0 Å². The average molecular weight is 359 g/mol. The molecule has 3 rings (SSSR count). The SMILES string of the molecule is CCOC[C@H](C)Oc1ccc(Oc2cnc3cc(Cl)ccc3n2)cc1. The Balaban J connectivity index is 1.66. The van der Waals surface area contributed by atoms with Crippen molar-refractivity contribution in [2.24, 2.45) is 0 Å². The Morgan fingerprint density at radius 2 is 1.80 bits per heavy atom. The van der Waals surface area contributed by atoms with Crippen molar-refractivity contribution in [3.8, 4) is 17.4 Å². The van der Waals surface area contributed by atoms with E-state index >= 15 is 0 Å². The number of aromatic nitrogens is 2. The van der Waals surface area contributed by atoms with Crippen LogP contribution in [0.15, 0.2) is 48.7 Å². The first-order valence-electron chi connectivity index (χ1n) is 8.08. The van der Waals surface area contributed by atoms with Crippen LogP contribution >= 0.6 is 11.6 Å². The maximum absolute atomic E-state index is 5.95.